The van der Waals surface area contributed by atoms with E-state index in [2.05, 4.69) is 28.3 Å². The van der Waals surface area contributed by atoms with Crippen molar-refractivity contribution in [2.45, 2.75) is 26.4 Å². The zero-order valence-corrected chi connectivity index (χ0v) is 15.9. The molecule has 3 aromatic rings. The average molecular weight is 363 g/mol. The Bertz CT molecular complexity index is 920. The third kappa shape index (κ3) is 4.99. The number of rotatable bonds is 7. The van der Waals surface area contributed by atoms with Crippen LogP contribution in [0, 0.1) is 0 Å². The lowest BCUT2D eigenvalue weighted by Crippen LogP contribution is -2.30. The second-order valence-electron chi connectivity index (χ2n) is 6.73. The van der Waals surface area contributed by atoms with Gasteiger partial charge in [-0.25, -0.2) is 5.43 Å². The third-order valence-electron chi connectivity index (χ3n) is 4.21. The van der Waals surface area contributed by atoms with Crippen LogP contribution in [-0.2, 0) is 6.54 Å². The Kier molecular flexibility index (Phi) is 5.94. The van der Waals surface area contributed by atoms with E-state index in [1.54, 1.807) is 7.11 Å². The van der Waals surface area contributed by atoms with Crippen molar-refractivity contribution in [2.75, 3.05) is 12.5 Å². The number of carbonyl (C=O) groups excluding carboxylic acids is 1. The third-order valence-corrected chi connectivity index (χ3v) is 4.21. The quantitative estimate of drug-likeness (QED) is 0.553. The van der Waals surface area contributed by atoms with Gasteiger partial charge in [-0.05, 0) is 66.6 Å². The van der Waals surface area contributed by atoms with Crippen molar-refractivity contribution >= 4 is 22.4 Å². The monoisotopic (exact) mass is 363 g/mol. The van der Waals surface area contributed by atoms with Crippen LogP contribution >= 0.6 is 0 Å². The molecule has 3 N–H and O–H groups in total. The van der Waals surface area contributed by atoms with Gasteiger partial charge in [-0.1, -0.05) is 24.3 Å². The van der Waals surface area contributed by atoms with Crippen LogP contribution in [0.15, 0.2) is 60.7 Å². The van der Waals surface area contributed by atoms with Crippen molar-refractivity contribution in [3.63, 3.8) is 0 Å². The molecule has 5 nitrogen and oxygen atoms in total. The van der Waals surface area contributed by atoms with Gasteiger partial charge in [-0.3, -0.25) is 4.79 Å². The molecule has 0 unspecified atom stereocenters. The minimum atomic E-state index is -0.0459. The molecular weight excluding hydrogens is 338 g/mol. The first-order valence-corrected chi connectivity index (χ1v) is 9.01. The fourth-order valence-corrected chi connectivity index (χ4v) is 2.80. The van der Waals surface area contributed by atoms with E-state index in [9.17, 15) is 4.79 Å². The molecule has 0 spiro atoms. The van der Waals surface area contributed by atoms with E-state index in [-0.39, 0.29) is 11.9 Å². The van der Waals surface area contributed by atoms with Crippen LogP contribution in [0.25, 0.3) is 10.8 Å². The van der Waals surface area contributed by atoms with E-state index in [0.717, 1.165) is 27.8 Å². The predicted molar refractivity (Wildman–Crippen MR) is 110 cm³/mol. The Balaban J connectivity index is 1.56. The Morgan fingerprint density at radius 1 is 0.963 bits per heavy atom. The predicted octanol–water partition coefficient (Wildman–Crippen LogP) is 4.10. The van der Waals surface area contributed by atoms with Crippen molar-refractivity contribution < 1.29 is 9.53 Å². The number of amides is 1. The molecule has 0 radical (unpaired) electrons. The molecule has 0 aliphatic rings. The van der Waals surface area contributed by atoms with Crippen LogP contribution in [-0.4, -0.2) is 19.1 Å². The van der Waals surface area contributed by atoms with Gasteiger partial charge < -0.3 is 15.5 Å². The van der Waals surface area contributed by atoms with Gasteiger partial charge in [0.2, 0.25) is 0 Å². The molecule has 140 valence electrons. The fourth-order valence-electron chi connectivity index (χ4n) is 2.80. The largest absolute Gasteiger partial charge is 0.497 e. The van der Waals surface area contributed by atoms with Crippen LogP contribution in [0.4, 0.5) is 5.69 Å². The van der Waals surface area contributed by atoms with E-state index in [1.165, 1.54) is 0 Å². The summed E-state index contributed by atoms with van der Waals surface area (Å²) in [6.07, 6.45) is 0. The highest BCUT2D eigenvalue weighted by molar-refractivity contribution is 5.94. The average Bonchev–Trinajstić information content (AvgIpc) is 2.67. The lowest BCUT2D eigenvalue weighted by atomic mass is 10.1. The molecule has 27 heavy (non-hydrogen) atoms. The van der Waals surface area contributed by atoms with Crippen molar-refractivity contribution in [2.24, 2.45) is 0 Å². The van der Waals surface area contributed by atoms with Crippen molar-refractivity contribution in [1.82, 2.24) is 10.7 Å². The van der Waals surface area contributed by atoms with Crippen LogP contribution < -0.4 is 20.9 Å². The Labute approximate surface area is 159 Å². The number of hydrogen-bond donors (Lipinski definition) is 3. The van der Waals surface area contributed by atoms with Gasteiger partial charge in [0.25, 0.3) is 5.91 Å². The highest BCUT2D eigenvalue weighted by Gasteiger charge is 2.06. The molecule has 3 aromatic carbocycles. The lowest BCUT2D eigenvalue weighted by Gasteiger charge is -2.11. The van der Waals surface area contributed by atoms with Gasteiger partial charge in [0, 0.05) is 23.8 Å². The first kappa shape index (κ1) is 18.7. The first-order valence-electron chi connectivity index (χ1n) is 9.01. The zero-order valence-electron chi connectivity index (χ0n) is 15.9. The summed E-state index contributed by atoms with van der Waals surface area (Å²) in [4.78, 5) is 12.0. The molecule has 0 saturated heterocycles. The SMILES string of the molecule is COc1ccc2cc(NNCc3ccc(C(=O)NC(C)C)cc3)ccc2c1. The van der Waals surface area contributed by atoms with Gasteiger partial charge in [-0.2, -0.15) is 0 Å². The molecule has 0 heterocycles. The van der Waals surface area contributed by atoms with Gasteiger partial charge in [0.1, 0.15) is 5.75 Å². The van der Waals surface area contributed by atoms with E-state index in [1.807, 2.05) is 62.4 Å². The molecular formula is C22H25N3O2. The molecule has 1 amide bonds. The molecule has 5 heteroatoms. The summed E-state index contributed by atoms with van der Waals surface area (Å²) in [6.45, 7) is 4.54. The molecule has 0 aliphatic carbocycles. The molecule has 0 aliphatic heterocycles. The second-order valence-corrected chi connectivity index (χ2v) is 6.73. The Hall–Kier alpha value is -3.05. The summed E-state index contributed by atoms with van der Waals surface area (Å²) in [5, 5.41) is 5.17. The Morgan fingerprint density at radius 3 is 2.37 bits per heavy atom. The van der Waals surface area contributed by atoms with Gasteiger partial charge >= 0.3 is 0 Å². The van der Waals surface area contributed by atoms with Crippen LogP contribution in [0.5, 0.6) is 5.75 Å². The molecule has 0 aromatic heterocycles. The molecule has 0 saturated carbocycles. The summed E-state index contributed by atoms with van der Waals surface area (Å²) in [5.74, 6) is 0.808. The fraction of sp³-hybridized carbons (Fsp3) is 0.227. The number of methoxy groups -OCH3 is 1. The van der Waals surface area contributed by atoms with E-state index >= 15 is 0 Å². The summed E-state index contributed by atoms with van der Waals surface area (Å²) < 4.78 is 5.26. The van der Waals surface area contributed by atoms with E-state index in [4.69, 9.17) is 4.74 Å². The number of hydrazine groups is 1. The summed E-state index contributed by atoms with van der Waals surface area (Å²) in [6, 6.07) is 19.9. The maximum atomic E-state index is 12.0. The number of carbonyl (C=O) groups is 1. The van der Waals surface area contributed by atoms with Crippen molar-refractivity contribution in [3.8, 4) is 5.75 Å². The van der Waals surface area contributed by atoms with Crippen LogP contribution in [0.1, 0.15) is 29.8 Å². The number of fused-ring (bicyclic) bond motifs is 1. The number of benzene rings is 3. The standard InChI is InChI=1S/C22H25N3O2/c1-15(2)24-22(26)17-6-4-16(5-7-17)14-23-25-20-10-8-19-13-21(27-3)11-9-18(19)12-20/h4-13,15,23,25H,14H2,1-3H3,(H,24,26). The van der Waals surface area contributed by atoms with Crippen molar-refractivity contribution in [3.05, 3.63) is 71.8 Å². The lowest BCUT2D eigenvalue weighted by molar-refractivity contribution is 0.0943. The van der Waals surface area contributed by atoms with Gasteiger partial charge in [0.05, 0.1) is 7.11 Å². The first-order chi connectivity index (χ1) is 13.0. The highest BCUT2D eigenvalue weighted by atomic mass is 16.5. The molecule has 0 fully saturated rings. The smallest absolute Gasteiger partial charge is 0.251 e. The van der Waals surface area contributed by atoms with E-state index in [0.29, 0.717) is 12.1 Å². The highest BCUT2D eigenvalue weighted by Crippen LogP contribution is 2.23. The second kappa shape index (κ2) is 8.56. The summed E-state index contributed by atoms with van der Waals surface area (Å²) in [5.41, 5.74) is 9.18. The number of nitrogens with one attached hydrogen (secondary N) is 3. The van der Waals surface area contributed by atoms with E-state index < -0.39 is 0 Å². The van der Waals surface area contributed by atoms with Gasteiger partial charge in [-0.15, -0.1) is 0 Å². The normalized spacial score (nSPS) is 10.8. The topological polar surface area (TPSA) is 62.4 Å². The maximum Gasteiger partial charge on any atom is 0.251 e. The Morgan fingerprint density at radius 2 is 1.67 bits per heavy atom. The number of anilines is 1. The number of ether oxygens (including phenoxy) is 1. The molecule has 0 bridgehead atoms. The van der Waals surface area contributed by atoms with Crippen LogP contribution in [0.3, 0.4) is 0 Å². The van der Waals surface area contributed by atoms with Crippen LogP contribution in [0.2, 0.25) is 0 Å². The van der Waals surface area contributed by atoms with Crippen molar-refractivity contribution in [1.29, 1.82) is 0 Å². The molecule has 3 rings (SSSR count). The zero-order chi connectivity index (χ0) is 19.2. The number of hydrogen-bond acceptors (Lipinski definition) is 4. The summed E-state index contributed by atoms with van der Waals surface area (Å²) in [7, 11) is 1.67. The minimum absolute atomic E-state index is 0.0459. The maximum absolute atomic E-state index is 12.0. The minimum Gasteiger partial charge on any atom is -0.497 e. The molecule has 0 atom stereocenters. The summed E-state index contributed by atoms with van der Waals surface area (Å²) >= 11 is 0. The van der Waals surface area contributed by atoms with Gasteiger partial charge in [0.15, 0.2) is 0 Å².